The highest BCUT2D eigenvalue weighted by Crippen LogP contribution is 2.29. The number of ether oxygens (including phenoxy) is 2. The third-order valence-electron chi connectivity index (χ3n) is 4.53. The molecule has 0 aromatic heterocycles. The van der Waals surface area contributed by atoms with E-state index in [4.69, 9.17) is 9.47 Å². The number of amides is 1. The van der Waals surface area contributed by atoms with E-state index >= 15 is 0 Å². The molecule has 2 aromatic carbocycles. The van der Waals surface area contributed by atoms with E-state index in [0.29, 0.717) is 31.0 Å². The number of hydrogen-bond donors (Lipinski definition) is 1. The molecule has 1 heterocycles. The van der Waals surface area contributed by atoms with Crippen LogP contribution in [0.1, 0.15) is 17.5 Å². The summed E-state index contributed by atoms with van der Waals surface area (Å²) in [4.78, 5) is 14.4. The number of benzene rings is 2. The van der Waals surface area contributed by atoms with Gasteiger partial charge in [-0.15, -0.1) is 0 Å². The zero-order valence-corrected chi connectivity index (χ0v) is 14.7. The molecule has 0 fully saturated rings. The van der Waals surface area contributed by atoms with Crippen LogP contribution in [0.5, 0.6) is 11.5 Å². The van der Waals surface area contributed by atoms with Crippen molar-refractivity contribution in [1.29, 1.82) is 0 Å². The maximum Gasteiger partial charge on any atom is 0.224 e. The molecule has 0 aliphatic carbocycles. The molecule has 0 spiro atoms. The molecule has 3 rings (SSSR count). The van der Waals surface area contributed by atoms with Crippen molar-refractivity contribution in [2.24, 2.45) is 0 Å². The van der Waals surface area contributed by atoms with Crippen LogP contribution in [0.2, 0.25) is 0 Å². The highest BCUT2D eigenvalue weighted by Gasteiger charge is 2.19. The number of anilines is 1. The van der Waals surface area contributed by atoms with Gasteiger partial charge < -0.3 is 19.7 Å². The molecule has 0 bridgehead atoms. The van der Waals surface area contributed by atoms with Crippen LogP contribution in [-0.2, 0) is 17.8 Å². The normalized spacial score (nSPS) is 13.1. The monoisotopic (exact) mass is 340 g/mol. The van der Waals surface area contributed by atoms with Gasteiger partial charge in [-0.25, -0.2) is 0 Å². The molecule has 0 atom stereocenters. The summed E-state index contributed by atoms with van der Waals surface area (Å²) in [6, 6.07) is 14.0. The lowest BCUT2D eigenvalue weighted by atomic mass is 10.00. The second-order valence-corrected chi connectivity index (χ2v) is 6.08. The Hall–Kier alpha value is -2.69. The van der Waals surface area contributed by atoms with Gasteiger partial charge in [0.25, 0.3) is 0 Å². The zero-order valence-electron chi connectivity index (χ0n) is 14.7. The number of carbonyl (C=O) groups excluding carboxylic acids is 1. The first-order chi connectivity index (χ1) is 12.2. The molecule has 1 amide bonds. The Morgan fingerprint density at radius 3 is 2.60 bits per heavy atom. The van der Waals surface area contributed by atoms with Crippen molar-refractivity contribution < 1.29 is 14.3 Å². The van der Waals surface area contributed by atoms with Gasteiger partial charge in [0, 0.05) is 37.8 Å². The third kappa shape index (κ3) is 4.05. The molecule has 1 aliphatic rings. The van der Waals surface area contributed by atoms with Crippen LogP contribution in [0, 0.1) is 0 Å². The van der Waals surface area contributed by atoms with E-state index in [0.717, 1.165) is 18.7 Å². The van der Waals surface area contributed by atoms with Crippen LogP contribution in [-0.4, -0.2) is 38.1 Å². The smallest absolute Gasteiger partial charge is 0.224 e. The van der Waals surface area contributed by atoms with Crippen molar-refractivity contribution in [3.63, 3.8) is 0 Å². The number of carbonyl (C=O) groups is 1. The zero-order chi connectivity index (χ0) is 17.6. The molecule has 5 nitrogen and oxygen atoms in total. The summed E-state index contributed by atoms with van der Waals surface area (Å²) in [7, 11) is 3.22. The van der Waals surface area contributed by atoms with E-state index in [1.807, 2.05) is 29.2 Å². The summed E-state index contributed by atoms with van der Waals surface area (Å²) in [6.07, 6.45) is 1.40. The summed E-state index contributed by atoms with van der Waals surface area (Å²) < 4.78 is 10.5. The summed E-state index contributed by atoms with van der Waals surface area (Å²) in [5, 5.41) is 3.28. The van der Waals surface area contributed by atoms with Crippen LogP contribution in [0.15, 0.2) is 42.5 Å². The van der Waals surface area contributed by atoms with E-state index < -0.39 is 0 Å². The second-order valence-electron chi connectivity index (χ2n) is 6.08. The maximum absolute atomic E-state index is 12.5. The highest BCUT2D eigenvalue weighted by molar-refractivity contribution is 5.77. The van der Waals surface area contributed by atoms with E-state index in [9.17, 15) is 4.79 Å². The molecule has 1 aliphatic heterocycles. The quantitative estimate of drug-likeness (QED) is 0.878. The Morgan fingerprint density at radius 2 is 1.84 bits per heavy atom. The van der Waals surface area contributed by atoms with E-state index in [1.165, 1.54) is 11.1 Å². The van der Waals surface area contributed by atoms with Crippen LogP contribution < -0.4 is 14.8 Å². The van der Waals surface area contributed by atoms with Crippen molar-refractivity contribution in [1.82, 2.24) is 4.90 Å². The molecule has 25 heavy (non-hydrogen) atoms. The van der Waals surface area contributed by atoms with Crippen molar-refractivity contribution in [2.75, 3.05) is 32.6 Å². The Balaban J connectivity index is 1.52. The Bertz CT molecular complexity index is 745. The van der Waals surface area contributed by atoms with E-state index in [2.05, 4.69) is 23.5 Å². The van der Waals surface area contributed by atoms with Crippen molar-refractivity contribution in [2.45, 2.75) is 19.4 Å². The molecule has 0 radical (unpaired) electrons. The molecule has 0 saturated carbocycles. The fraction of sp³-hybridized carbons (Fsp3) is 0.350. The molecule has 5 heteroatoms. The van der Waals surface area contributed by atoms with Gasteiger partial charge in [-0.05, 0) is 29.7 Å². The molecule has 132 valence electrons. The summed E-state index contributed by atoms with van der Waals surface area (Å²) in [5.41, 5.74) is 3.53. The second kappa shape index (κ2) is 7.92. The lowest BCUT2D eigenvalue weighted by Gasteiger charge is -2.29. The highest BCUT2D eigenvalue weighted by atomic mass is 16.5. The fourth-order valence-electron chi connectivity index (χ4n) is 3.13. The first kappa shape index (κ1) is 17.1. The average Bonchev–Trinajstić information content (AvgIpc) is 2.67. The van der Waals surface area contributed by atoms with Crippen LogP contribution in [0.3, 0.4) is 0 Å². The topological polar surface area (TPSA) is 50.8 Å². The van der Waals surface area contributed by atoms with Gasteiger partial charge in [0.2, 0.25) is 5.91 Å². The maximum atomic E-state index is 12.5. The molecule has 0 unspecified atom stereocenters. The minimum atomic E-state index is 0.183. The first-order valence-corrected chi connectivity index (χ1v) is 8.51. The van der Waals surface area contributed by atoms with Crippen LogP contribution in [0.4, 0.5) is 5.69 Å². The Labute approximate surface area is 148 Å². The first-order valence-electron chi connectivity index (χ1n) is 8.51. The van der Waals surface area contributed by atoms with Crippen LogP contribution >= 0.6 is 0 Å². The third-order valence-corrected chi connectivity index (χ3v) is 4.53. The van der Waals surface area contributed by atoms with Gasteiger partial charge in [-0.2, -0.15) is 0 Å². The Morgan fingerprint density at radius 1 is 1.08 bits per heavy atom. The SMILES string of the molecule is COc1ccc(NCCC(=O)N2CCc3ccccc3C2)cc1OC. The van der Waals surface area contributed by atoms with Crippen molar-refractivity contribution >= 4 is 11.6 Å². The molecular weight excluding hydrogens is 316 g/mol. The summed E-state index contributed by atoms with van der Waals surface area (Å²) in [6.45, 7) is 2.10. The summed E-state index contributed by atoms with van der Waals surface area (Å²) in [5.74, 6) is 1.55. The number of rotatable bonds is 6. The number of nitrogens with zero attached hydrogens (tertiary/aromatic N) is 1. The van der Waals surface area contributed by atoms with E-state index in [-0.39, 0.29) is 5.91 Å². The van der Waals surface area contributed by atoms with Crippen molar-refractivity contribution in [3.05, 3.63) is 53.6 Å². The van der Waals surface area contributed by atoms with Gasteiger partial charge in [0.05, 0.1) is 14.2 Å². The number of nitrogens with one attached hydrogen (secondary N) is 1. The Kier molecular flexibility index (Phi) is 5.43. The number of hydrogen-bond acceptors (Lipinski definition) is 4. The predicted octanol–water partition coefficient (Wildman–Crippen LogP) is 3.09. The molecule has 2 aromatic rings. The number of methoxy groups -OCH3 is 2. The lowest BCUT2D eigenvalue weighted by Crippen LogP contribution is -2.36. The van der Waals surface area contributed by atoms with Gasteiger partial charge in [0.1, 0.15) is 0 Å². The van der Waals surface area contributed by atoms with Gasteiger partial charge in [0.15, 0.2) is 11.5 Å². The largest absolute Gasteiger partial charge is 0.493 e. The number of fused-ring (bicyclic) bond motifs is 1. The predicted molar refractivity (Wildman–Crippen MR) is 98.2 cm³/mol. The standard InChI is InChI=1S/C20H24N2O3/c1-24-18-8-7-17(13-19(18)25-2)21-11-9-20(23)22-12-10-15-5-3-4-6-16(15)14-22/h3-8,13,21H,9-12,14H2,1-2H3. The fourth-order valence-corrected chi connectivity index (χ4v) is 3.13. The molecule has 1 N–H and O–H groups in total. The lowest BCUT2D eigenvalue weighted by molar-refractivity contribution is -0.131. The van der Waals surface area contributed by atoms with Gasteiger partial charge in [-0.1, -0.05) is 24.3 Å². The van der Waals surface area contributed by atoms with Gasteiger partial charge in [-0.3, -0.25) is 4.79 Å². The summed E-state index contributed by atoms with van der Waals surface area (Å²) >= 11 is 0. The van der Waals surface area contributed by atoms with Crippen LogP contribution in [0.25, 0.3) is 0 Å². The van der Waals surface area contributed by atoms with E-state index in [1.54, 1.807) is 14.2 Å². The molecular formula is C20H24N2O3. The van der Waals surface area contributed by atoms with Gasteiger partial charge >= 0.3 is 0 Å². The molecule has 0 saturated heterocycles. The average molecular weight is 340 g/mol. The minimum Gasteiger partial charge on any atom is -0.493 e. The van der Waals surface area contributed by atoms with Crippen molar-refractivity contribution in [3.8, 4) is 11.5 Å². The minimum absolute atomic E-state index is 0.183.